The maximum absolute atomic E-state index is 12.5. The van der Waals surface area contributed by atoms with Crippen LogP contribution in [0.3, 0.4) is 0 Å². The van der Waals surface area contributed by atoms with E-state index in [-0.39, 0.29) is 22.5 Å². The maximum Gasteiger partial charge on any atom is 0.271 e. The van der Waals surface area contributed by atoms with Crippen LogP contribution in [0, 0.1) is 17.0 Å². The molecule has 0 saturated heterocycles. The molecule has 0 fully saturated rings. The summed E-state index contributed by atoms with van der Waals surface area (Å²) in [5.41, 5.74) is 6.42. The first-order valence-electron chi connectivity index (χ1n) is 9.17. The lowest BCUT2D eigenvalue weighted by Gasteiger charge is -2.12. The number of carbonyl (C=O) groups excluding carboxylic acids is 3. The molecule has 0 saturated carbocycles. The van der Waals surface area contributed by atoms with E-state index >= 15 is 0 Å². The summed E-state index contributed by atoms with van der Waals surface area (Å²) in [6.07, 6.45) is 0. The number of carbonyl (C=O) groups is 3. The molecule has 0 aliphatic rings. The van der Waals surface area contributed by atoms with Gasteiger partial charge in [-0.3, -0.25) is 35.3 Å². The van der Waals surface area contributed by atoms with Crippen LogP contribution >= 0.6 is 0 Å². The number of anilines is 1. The van der Waals surface area contributed by atoms with Crippen LogP contribution < -0.4 is 16.2 Å². The van der Waals surface area contributed by atoms with Crippen molar-refractivity contribution >= 4 is 29.1 Å². The van der Waals surface area contributed by atoms with E-state index in [0.29, 0.717) is 5.56 Å². The van der Waals surface area contributed by atoms with Gasteiger partial charge in [0, 0.05) is 23.3 Å². The van der Waals surface area contributed by atoms with Gasteiger partial charge in [-0.15, -0.1) is 0 Å². The molecule has 0 unspecified atom stereocenters. The number of benzene rings is 3. The van der Waals surface area contributed by atoms with Crippen LogP contribution in [0.15, 0.2) is 72.8 Å². The molecule has 0 aromatic heterocycles. The normalized spacial score (nSPS) is 10.1. The summed E-state index contributed by atoms with van der Waals surface area (Å²) in [5, 5.41) is 13.3. The Morgan fingerprint density at radius 1 is 0.742 bits per heavy atom. The third kappa shape index (κ3) is 5.30. The van der Waals surface area contributed by atoms with Crippen molar-refractivity contribution in [3.05, 3.63) is 105 Å². The Morgan fingerprint density at radius 2 is 1.29 bits per heavy atom. The Bertz CT molecular complexity index is 1140. The molecule has 3 aromatic rings. The minimum Gasteiger partial charge on any atom is -0.321 e. The first kappa shape index (κ1) is 21.2. The van der Waals surface area contributed by atoms with Crippen LogP contribution in [-0.4, -0.2) is 22.6 Å². The molecule has 3 rings (SSSR count). The molecule has 0 radical (unpaired) electrons. The Morgan fingerprint density at radius 3 is 1.94 bits per heavy atom. The second-order valence-corrected chi connectivity index (χ2v) is 6.58. The topological polar surface area (TPSA) is 130 Å². The van der Waals surface area contributed by atoms with E-state index in [1.165, 1.54) is 36.4 Å². The maximum atomic E-state index is 12.5. The number of hydrazine groups is 1. The molecular formula is C22H18N4O5. The van der Waals surface area contributed by atoms with Crippen LogP contribution in [0.2, 0.25) is 0 Å². The molecule has 3 N–H and O–H groups in total. The van der Waals surface area contributed by atoms with E-state index in [4.69, 9.17) is 0 Å². The minimum absolute atomic E-state index is 0.127. The van der Waals surface area contributed by atoms with Gasteiger partial charge < -0.3 is 5.32 Å². The summed E-state index contributed by atoms with van der Waals surface area (Å²) < 4.78 is 0. The van der Waals surface area contributed by atoms with Crippen molar-refractivity contribution in [1.82, 2.24) is 10.9 Å². The van der Waals surface area contributed by atoms with Gasteiger partial charge in [0.15, 0.2) is 0 Å². The van der Waals surface area contributed by atoms with Gasteiger partial charge in [-0.2, -0.15) is 0 Å². The third-order valence-electron chi connectivity index (χ3n) is 4.36. The lowest BCUT2D eigenvalue weighted by Crippen LogP contribution is -2.41. The molecule has 0 heterocycles. The summed E-state index contributed by atoms with van der Waals surface area (Å²) in [7, 11) is 0. The summed E-state index contributed by atoms with van der Waals surface area (Å²) >= 11 is 0. The number of non-ortho nitro benzene ring substituents is 1. The third-order valence-corrected chi connectivity index (χ3v) is 4.36. The minimum atomic E-state index is -0.625. The summed E-state index contributed by atoms with van der Waals surface area (Å²) in [6.45, 7) is 1.89. The van der Waals surface area contributed by atoms with Crippen LogP contribution in [-0.2, 0) is 0 Å². The van der Waals surface area contributed by atoms with Crippen molar-refractivity contribution in [2.24, 2.45) is 0 Å². The summed E-state index contributed by atoms with van der Waals surface area (Å²) in [6, 6.07) is 18.1. The van der Waals surface area contributed by atoms with E-state index in [9.17, 15) is 24.5 Å². The van der Waals surface area contributed by atoms with E-state index in [1.54, 1.807) is 36.4 Å². The fraction of sp³-hybridized carbons (Fsp3) is 0.0455. The van der Waals surface area contributed by atoms with Crippen LogP contribution in [0.25, 0.3) is 0 Å². The molecule has 0 aliphatic carbocycles. The van der Waals surface area contributed by atoms with Gasteiger partial charge in [0.2, 0.25) is 0 Å². The van der Waals surface area contributed by atoms with Crippen molar-refractivity contribution in [2.45, 2.75) is 6.92 Å². The second-order valence-electron chi connectivity index (χ2n) is 6.58. The number of hydrogen-bond acceptors (Lipinski definition) is 5. The number of rotatable bonds is 5. The molecular weight excluding hydrogens is 400 g/mol. The van der Waals surface area contributed by atoms with Crippen LogP contribution in [0.4, 0.5) is 11.4 Å². The van der Waals surface area contributed by atoms with Crippen molar-refractivity contribution in [1.29, 1.82) is 0 Å². The van der Waals surface area contributed by atoms with Gasteiger partial charge in [0.1, 0.15) is 0 Å². The van der Waals surface area contributed by atoms with Gasteiger partial charge in [-0.05, 0) is 43.3 Å². The number of nitro benzene ring substituents is 1. The Labute approximate surface area is 177 Å². The summed E-state index contributed by atoms with van der Waals surface area (Å²) in [5.74, 6) is -1.65. The van der Waals surface area contributed by atoms with E-state index in [2.05, 4.69) is 16.2 Å². The predicted molar refractivity (Wildman–Crippen MR) is 114 cm³/mol. The van der Waals surface area contributed by atoms with E-state index < -0.39 is 22.6 Å². The Balaban J connectivity index is 1.68. The van der Waals surface area contributed by atoms with Gasteiger partial charge in [0.25, 0.3) is 23.4 Å². The molecule has 156 valence electrons. The molecule has 3 aromatic carbocycles. The molecule has 0 atom stereocenters. The second kappa shape index (κ2) is 9.31. The number of nitrogens with zero attached hydrogens (tertiary/aromatic N) is 1. The van der Waals surface area contributed by atoms with Gasteiger partial charge in [-0.1, -0.05) is 29.8 Å². The van der Waals surface area contributed by atoms with Crippen molar-refractivity contribution in [2.75, 3.05) is 5.32 Å². The SMILES string of the molecule is Cc1ccc(C(=O)NNC(=O)c2ccccc2NC(=O)c2ccc([N+](=O)[O-])cc2)cc1. The molecule has 0 spiro atoms. The molecule has 9 heteroatoms. The van der Waals surface area contributed by atoms with Gasteiger partial charge in [-0.25, -0.2) is 0 Å². The predicted octanol–water partition coefficient (Wildman–Crippen LogP) is 3.23. The molecule has 3 amide bonds. The smallest absolute Gasteiger partial charge is 0.271 e. The number of amides is 3. The standard InChI is InChI=1S/C22H18N4O5/c1-14-6-8-16(9-7-14)21(28)24-25-22(29)18-4-2-3-5-19(18)23-20(27)15-10-12-17(13-11-15)26(30)31/h2-13H,1H3,(H,23,27)(H,24,28)(H,25,29). The van der Waals surface area contributed by atoms with Crippen molar-refractivity contribution in [3.8, 4) is 0 Å². The Kier molecular flexibility index (Phi) is 6.36. The number of nitro groups is 1. The highest BCUT2D eigenvalue weighted by atomic mass is 16.6. The zero-order valence-electron chi connectivity index (χ0n) is 16.4. The quantitative estimate of drug-likeness (QED) is 0.433. The van der Waals surface area contributed by atoms with Crippen molar-refractivity contribution < 1.29 is 19.3 Å². The molecule has 9 nitrogen and oxygen atoms in total. The monoisotopic (exact) mass is 418 g/mol. The first-order valence-corrected chi connectivity index (χ1v) is 9.17. The number of hydrogen-bond donors (Lipinski definition) is 3. The number of aryl methyl sites for hydroxylation is 1. The molecule has 31 heavy (non-hydrogen) atoms. The lowest BCUT2D eigenvalue weighted by atomic mass is 10.1. The highest BCUT2D eigenvalue weighted by molar-refractivity contribution is 6.09. The van der Waals surface area contributed by atoms with E-state index in [0.717, 1.165) is 5.56 Å². The highest BCUT2D eigenvalue weighted by Crippen LogP contribution is 2.18. The average Bonchev–Trinajstić information content (AvgIpc) is 2.78. The number of nitrogens with one attached hydrogen (secondary N) is 3. The van der Waals surface area contributed by atoms with Gasteiger partial charge in [0.05, 0.1) is 16.2 Å². The summed E-state index contributed by atoms with van der Waals surface area (Å²) in [4.78, 5) is 47.4. The average molecular weight is 418 g/mol. The van der Waals surface area contributed by atoms with E-state index in [1.807, 2.05) is 6.92 Å². The lowest BCUT2D eigenvalue weighted by molar-refractivity contribution is -0.384. The zero-order chi connectivity index (χ0) is 22.4. The molecule has 0 bridgehead atoms. The fourth-order valence-corrected chi connectivity index (χ4v) is 2.68. The molecule has 0 aliphatic heterocycles. The Hall–Kier alpha value is -4.53. The highest BCUT2D eigenvalue weighted by Gasteiger charge is 2.16. The largest absolute Gasteiger partial charge is 0.321 e. The first-order chi connectivity index (χ1) is 14.8. The van der Waals surface area contributed by atoms with Crippen LogP contribution in [0.5, 0.6) is 0 Å². The van der Waals surface area contributed by atoms with Crippen LogP contribution in [0.1, 0.15) is 36.6 Å². The zero-order valence-corrected chi connectivity index (χ0v) is 16.4. The number of para-hydroxylation sites is 1. The van der Waals surface area contributed by atoms with Crippen molar-refractivity contribution in [3.63, 3.8) is 0 Å². The fourth-order valence-electron chi connectivity index (χ4n) is 2.68. The van der Waals surface area contributed by atoms with Gasteiger partial charge >= 0.3 is 0 Å².